The summed E-state index contributed by atoms with van der Waals surface area (Å²) < 4.78 is 38.6. The van der Waals surface area contributed by atoms with Crippen LogP contribution in [0.3, 0.4) is 0 Å². The quantitative estimate of drug-likeness (QED) is 0.282. The van der Waals surface area contributed by atoms with E-state index in [9.17, 15) is 22.8 Å². The number of esters is 1. The van der Waals surface area contributed by atoms with Gasteiger partial charge in [-0.1, -0.05) is 17.4 Å². The van der Waals surface area contributed by atoms with E-state index in [1.165, 1.54) is 29.8 Å². The molecule has 0 atom stereocenters. The number of amides is 2. The number of sulfone groups is 1. The summed E-state index contributed by atoms with van der Waals surface area (Å²) >= 11 is 2.55. The molecule has 13 heteroatoms. The van der Waals surface area contributed by atoms with E-state index in [1.807, 2.05) is 36.6 Å². The fourth-order valence-corrected chi connectivity index (χ4v) is 7.97. The highest BCUT2D eigenvalue weighted by Crippen LogP contribution is 2.38. The summed E-state index contributed by atoms with van der Waals surface area (Å²) in [6, 6.07) is 5.87. The average molecular weight is 594 g/mol. The highest BCUT2D eigenvalue weighted by Gasteiger charge is 2.28. The highest BCUT2D eigenvalue weighted by molar-refractivity contribution is 7.92. The van der Waals surface area contributed by atoms with Gasteiger partial charge in [-0.3, -0.25) is 9.59 Å². The standard InChI is InChI=1S/C26H31N3O7S3/c1-4-36-12-11-29-18-10-9-16(2)13-20(18)38-26(29)28-22(31)15-39(33,34)14-21(30)27-24-23(25(32)35-3)17-7-5-6-8-19(17)37-24/h9-10,13H,4-8,11-12,14-15H2,1-3H3,(H,27,30). The Labute approximate surface area is 234 Å². The Morgan fingerprint density at radius 1 is 1.13 bits per heavy atom. The van der Waals surface area contributed by atoms with Crippen LogP contribution in [0.1, 0.15) is 46.1 Å². The predicted octanol–water partition coefficient (Wildman–Crippen LogP) is 3.26. The molecule has 0 spiro atoms. The second-order valence-corrected chi connectivity index (χ2v) is 13.4. The Morgan fingerprint density at radius 2 is 1.90 bits per heavy atom. The van der Waals surface area contributed by atoms with Gasteiger partial charge in [0.1, 0.15) is 16.5 Å². The molecule has 10 nitrogen and oxygen atoms in total. The van der Waals surface area contributed by atoms with Gasteiger partial charge in [0.15, 0.2) is 14.6 Å². The largest absolute Gasteiger partial charge is 0.465 e. The van der Waals surface area contributed by atoms with Gasteiger partial charge in [-0.25, -0.2) is 13.2 Å². The number of nitrogens with zero attached hydrogens (tertiary/aromatic N) is 2. The summed E-state index contributed by atoms with van der Waals surface area (Å²) in [4.78, 5) is 43.3. The number of thiophene rings is 1. The zero-order valence-electron chi connectivity index (χ0n) is 22.1. The molecule has 2 heterocycles. The van der Waals surface area contributed by atoms with E-state index in [4.69, 9.17) is 9.47 Å². The third-order valence-corrected chi connectivity index (χ3v) is 9.87. The predicted molar refractivity (Wildman–Crippen MR) is 151 cm³/mol. The molecule has 0 bridgehead atoms. The van der Waals surface area contributed by atoms with Crippen LogP contribution in [0.2, 0.25) is 0 Å². The fourth-order valence-electron chi connectivity index (χ4n) is 4.49. The minimum absolute atomic E-state index is 0.279. The van der Waals surface area contributed by atoms with Gasteiger partial charge in [-0.15, -0.1) is 11.3 Å². The van der Waals surface area contributed by atoms with Crippen molar-refractivity contribution >= 4 is 65.5 Å². The second kappa shape index (κ2) is 12.5. The van der Waals surface area contributed by atoms with Gasteiger partial charge >= 0.3 is 5.97 Å². The number of nitrogens with one attached hydrogen (secondary N) is 1. The Kier molecular flexibility index (Phi) is 9.36. The zero-order chi connectivity index (χ0) is 28.2. The first-order valence-corrected chi connectivity index (χ1v) is 16.1. The number of aryl methyl sites for hydroxylation is 2. The van der Waals surface area contributed by atoms with Crippen molar-refractivity contribution < 1.29 is 32.3 Å². The van der Waals surface area contributed by atoms with Crippen LogP contribution in [0.25, 0.3) is 10.2 Å². The summed E-state index contributed by atoms with van der Waals surface area (Å²) in [5.74, 6) is -4.08. The Morgan fingerprint density at radius 3 is 2.64 bits per heavy atom. The monoisotopic (exact) mass is 593 g/mol. The van der Waals surface area contributed by atoms with E-state index in [-0.39, 0.29) is 10.6 Å². The summed E-state index contributed by atoms with van der Waals surface area (Å²) in [6.07, 6.45) is 3.39. The van der Waals surface area contributed by atoms with Crippen LogP contribution < -0.4 is 10.1 Å². The third-order valence-electron chi connectivity index (χ3n) is 6.23. The van der Waals surface area contributed by atoms with E-state index < -0.39 is 39.1 Å². The molecular weight excluding hydrogens is 563 g/mol. The molecule has 210 valence electrons. The van der Waals surface area contributed by atoms with Gasteiger partial charge < -0.3 is 19.4 Å². The molecule has 0 radical (unpaired) electrons. The first kappa shape index (κ1) is 29.1. The van der Waals surface area contributed by atoms with Crippen molar-refractivity contribution in [2.24, 2.45) is 4.99 Å². The molecule has 0 unspecified atom stereocenters. The molecule has 0 saturated heterocycles. The van der Waals surface area contributed by atoms with Crippen LogP contribution in [0.5, 0.6) is 0 Å². The molecule has 2 amide bonds. The number of aromatic nitrogens is 1. The number of carbonyl (C=O) groups is 3. The lowest BCUT2D eigenvalue weighted by Crippen LogP contribution is -2.28. The lowest BCUT2D eigenvalue weighted by atomic mass is 9.95. The number of anilines is 1. The molecule has 39 heavy (non-hydrogen) atoms. The normalized spacial score (nSPS) is 13.9. The van der Waals surface area contributed by atoms with Gasteiger partial charge in [0.2, 0.25) is 5.91 Å². The van der Waals surface area contributed by atoms with E-state index in [1.54, 1.807) is 0 Å². The number of rotatable bonds is 10. The van der Waals surface area contributed by atoms with Crippen molar-refractivity contribution in [3.63, 3.8) is 0 Å². The molecule has 1 aliphatic carbocycles. The van der Waals surface area contributed by atoms with Crippen molar-refractivity contribution in [3.8, 4) is 0 Å². The van der Waals surface area contributed by atoms with Gasteiger partial charge in [0.25, 0.3) is 5.91 Å². The molecule has 1 aromatic carbocycles. The highest BCUT2D eigenvalue weighted by atomic mass is 32.2. The number of carbonyl (C=O) groups excluding carboxylic acids is 3. The summed E-state index contributed by atoms with van der Waals surface area (Å²) in [5.41, 5.74) is 3.06. The maximum absolute atomic E-state index is 12.8. The van der Waals surface area contributed by atoms with Crippen molar-refractivity contribution in [1.82, 2.24) is 4.57 Å². The number of methoxy groups -OCH3 is 1. The van der Waals surface area contributed by atoms with Crippen LogP contribution >= 0.6 is 22.7 Å². The molecule has 1 N–H and O–H groups in total. The molecule has 3 aromatic rings. The van der Waals surface area contributed by atoms with Crippen molar-refractivity contribution in [1.29, 1.82) is 0 Å². The Hall–Kier alpha value is -2.87. The third kappa shape index (κ3) is 7.02. The summed E-state index contributed by atoms with van der Waals surface area (Å²) in [6.45, 7) is 5.26. The average Bonchev–Trinajstić information content (AvgIpc) is 3.39. The van der Waals surface area contributed by atoms with Crippen molar-refractivity contribution in [2.75, 3.05) is 37.1 Å². The molecule has 4 rings (SSSR count). The topological polar surface area (TPSA) is 133 Å². The summed E-state index contributed by atoms with van der Waals surface area (Å²) in [5, 5.41) is 2.84. The number of hydrogen-bond donors (Lipinski definition) is 1. The van der Waals surface area contributed by atoms with Gasteiger partial charge in [-0.2, -0.15) is 4.99 Å². The fraction of sp³-hybridized carbons (Fsp3) is 0.462. The zero-order valence-corrected chi connectivity index (χ0v) is 24.5. The minimum Gasteiger partial charge on any atom is -0.465 e. The molecule has 0 saturated carbocycles. The van der Waals surface area contributed by atoms with Gasteiger partial charge in [0.05, 0.1) is 29.5 Å². The minimum atomic E-state index is -4.13. The molecule has 0 fully saturated rings. The van der Waals surface area contributed by atoms with Crippen LogP contribution in [-0.4, -0.2) is 62.6 Å². The lowest BCUT2D eigenvalue weighted by Gasteiger charge is -2.11. The number of thiazole rings is 1. The second-order valence-electron chi connectivity index (χ2n) is 9.20. The van der Waals surface area contributed by atoms with E-state index >= 15 is 0 Å². The first-order valence-electron chi connectivity index (χ1n) is 12.6. The number of fused-ring (bicyclic) bond motifs is 2. The maximum Gasteiger partial charge on any atom is 0.341 e. The van der Waals surface area contributed by atoms with Crippen LogP contribution in [0.4, 0.5) is 5.00 Å². The molecular formula is C26H31N3O7S3. The van der Waals surface area contributed by atoms with Gasteiger partial charge in [0, 0.05) is 18.0 Å². The van der Waals surface area contributed by atoms with Crippen LogP contribution in [0, 0.1) is 6.92 Å². The van der Waals surface area contributed by atoms with Crippen LogP contribution in [0.15, 0.2) is 23.2 Å². The van der Waals surface area contributed by atoms with E-state index in [0.717, 1.165) is 45.5 Å². The van der Waals surface area contributed by atoms with Crippen molar-refractivity contribution in [2.45, 2.75) is 46.1 Å². The lowest BCUT2D eigenvalue weighted by molar-refractivity contribution is -0.115. The van der Waals surface area contributed by atoms with Gasteiger partial charge in [-0.05, 0) is 62.8 Å². The maximum atomic E-state index is 12.8. The Bertz CT molecular complexity index is 1580. The number of hydrogen-bond acceptors (Lipinski definition) is 9. The SMILES string of the molecule is CCOCCn1c(=NC(=O)CS(=O)(=O)CC(=O)Nc2sc3c(c2C(=O)OC)CCCC3)sc2cc(C)ccc21. The first-order chi connectivity index (χ1) is 18.6. The Balaban J connectivity index is 1.50. The van der Waals surface area contributed by atoms with E-state index in [0.29, 0.717) is 31.0 Å². The summed E-state index contributed by atoms with van der Waals surface area (Å²) in [7, 11) is -2.87. The molecule has 0 aliphatic heterocycles. The smallest absolute Gasteiger partial charge is 0.341 e. The number of benzene rings is 1. The van der Waals surface area contributed by atoms with Crippen LogP contribution in [-0.2, 0) is 48.3 Å². The number of ether oxygens (including phenoxy) is 2. The van der Waals surface area contributed by atoms with E-state index in [2.05, 4.69) is 10.3 Å². The van der Waals surface area contributed by atoms with Crippen molar-refractivity contribution in [3.05, 3.63) is 44.6 Å². The molecule has 1 aliphatic rings. The molecule has 2 aromatic heterocycles.